The number of nitrogens with zero attached hydrogens (tertiary/aromatic N) is 2. The van der Waals surface area contributed by atoms with E-state index in [0.29, 0.717) is 12.3 Å². The molecule has 0 aliphatic carbocycles. The third kappa shape index (κ3) is 4.38. The van der Waals surface area contributed by atoms with Crippen LogP contribution in [0.15, 0.2) is 47.5 Å². The molecule has 0 fully saturated rings. The highest BCUT2D eigenvalue weighted by molar-refractivity contribution is 9.10. The van der Waals surface area contributed by atoms with Gasteiger partial charge in [-0.3, -0.25) is 4.79 Å². The van der Waals surface area contributed by atoms with Gasteiger partial charge in [0.05, 0.1) is 10.8 Å². The van der Waals surface area contributed by atoms with Crippen molar-refractivity contribution in [3.8, 4) is 5.75 Å². The fourth-order valence-corrected chi connectivity index (χ4v) is 2.18. The average Bonchev–Trinajstić information content (AvgIpc) is 2.90. The molecule has 1 atom stereocenters. The van der Waals surface area contributed by atoms with Crippen molar-refractivity contribution in [3.63, 3.8) is 0 Å². The van der Waals surface area contributed by atoms with E-state index < -0.39 is 0 Å². The molecule has 1 N–H and O–H groups in total. The molecule has 0 aliphatic rings. The second kappa shape index (κ2) is 7.09. The van der Waals surface area contributed by atoms with E-state index in [0.717, 1.165) is 4.47 Å². The van der Waals surface area contributed by atoms with Crippen LogP contribution in [0.4, 0.5) is 0 Å². The van der Waals surface area contributed by atoms with Gasteiger partial charge >= 0.3 is 0 Å². The molecule has 2 aromatic rings. The normalized spacial score (nSPS) is 11.9. The van der Waals surface area contributed by atoms with Crippen molar-refractivity contribution in [2.45, 2.75) is 19.5 Å². The lowest BCUT2D eigenvalue weighted by atomic mass is 10.3. The molecule has 1 aromatic carbocycles. The zero-order valence-electron chi connectivity index (χ0n) is 11.1. The van der Waals surface area contributed by atoms with E-state index in [-0.39, 0.29) is 18.6 Å². The molecule has 1 amide bonds. The zero-order valence-corrected chi connectivity index (χ0v) is 12.7. The number of nitrogens with one attached hydrogen (secondary N) is 1. The minimum absolute atomic E-state index is 0.00309. The molecule has 0 radical (unpaired) electrons. The summed E-state index contributed by atoms with van der Waals surface area (Å²) >= 11 is 3.37. The SMILES string of the molecule is CC(Cn1ccnc1)NC(=O)COc1ccccc1Br. The van der Waals surface area contributed by atoms with Crippen molar-refractivity contribution in [2.24, 2.45) is 0 Å². The molecule has 0 bridgehead atoms. The second-order valence-electron chi connectivity index (χ2n) is 4.45. The van der Waals surface area contributed by atoms with Gasteiger partial charge in [-0.2, -0.15) is 0 Å². The Labute approximate surface area is 126 Å². The summed E-state index contributed by atoms with van der Waals surface area (Å²) in [4.78, 5) is 15.8. The van der Waals surface area contributed by atoms with Gasteiger partial charge in [-0.1, -0.05) is 12.1 Å². The monoisotopic (exact) mass is 337 g/mol. The summed E-state index contributed by atoms with van der Waals surface area (Å²) in [6, 6.07) is 7.45. The zero-order chi connectivity index (χ0) is 14.4. The molecule has 0 saturated carbocycles. The van der Waals surface area contributed by atoms with E-state index in [1.165, 1.54) is 0 Å². The van der Waals surface area contributed by atoms with Gasteiger partial charge in [0.1, 0.15) is 5.75 Å². The fourth-order valence-electron chi connectivity index (χ4n) is 1.78. The number of benzene rings is 1. The van der Waals surface area contributed by atoms with Crippen LogP contribution < -0.4 is 10.1 Å². The van der Waals surface area contributed by atoms with Crippen LogP contribution in [-0.4, -0.2) is 28.1 Å². The van der Waals surface area contributed by atoms with Crippen molar-refractivity contribution in [1.29, 1.82) is 0 Å². The van der Waals surface area contributed by atoms with Crippen molar-refractivity contribution in [3.05, 3.63) is 47.5 Å². The lowest BCUT2D eigenvalue weighted by Gasteiger charge is -2.15. The number of ether oxygens (including phenoxy) is 1. The summed E-state index contributed by atoms with van der Waals surface area (Å²) in [6.07, 6.45) is 5.30. The lowest BCUT2D eigenvalue weighted by molar-refractivity contribution is -0.123. The first-order chi connectivity index (χ1) is 9.65. The molecule has 20 heavy (non-hydrogen) atoms. The largest absolute Gasteiger partial charge is 0.483 e. The van der Waals surface area contributed by atoms with E-state index in [4.69, 9.17) is 4.74 Å². The van der Waals surface area contributed by atoms with Crippen LogP contribution >= 0.6 is 15.9 Å². The standard InChI is InChI=1S/C14H16BrN3O2/c1-11(8-18-7-6-16-10-18)17-14(19)9-20-13-5-3-2-4-12(13)15/h2-7,10-11H,8-9H2,1H3,(H,17,19). The second-order valence-corrected chi connectivity index (χ2v) is 5.30. The highest BCUT2D eigenvalue weighted by Crippen LogP contribution is 2.23. The predicted octanol–water partition coefficient (Wildman–Crippen LogP) is 2.23. The first-order valence-corrected chi connectivity index (χ1v) is 7.07. The molecule has 1 aromatic heterocycles. The lowest BCUT2D eigenvalue weighted by Crippen LogP contribution is -2.38. The van der Waals surface area contributed by atoms with Crippen LogP contribution in [0.25, 0.3) is 0 Å². The Balaban J connectivity index is 1.76. The molecule has 1 heterocycles. The number of halogens is 1. The van der Waals surface area contributed by atoms with Crippen LogP contribution in [0, 0.1) is 0 Å². The fraction of sp³-hybridized carbons (Fsp3) is 0.286. The Bertz CT molecular complexity index is 557. The molecule has 1 unspecified atom stereocenters. The van der Waals surface area contributed by atoms with Crippen molar-refractivity contribution in [2.75, 3.05) is 6.61 Å². The van der Waals surface area contributed by atoms with Gasteiger partial charge < -0.3 is 14.6 Å². The Kier molecular flexibility index (Phi) is 5.17. The molecule has 0 aliphatic heterocycles. The molecule has 2 rings (SSSR count). The molecular weight excluding hydrogens is 322 g/mol. The summed E-state index contributed by atoms with van der Waals surface area (Å²) in [7, 11) is 0. The maximum atomic E-state index is 11.8. The smallest absolute Gasteiger partial charge is 0.258 e. The van der Waals surface area contributed by atoms with Gasteiger partial charge in [0.25, 0.3) is 5.91 Å². The first-order valence-electron chi connectivity index (χ1n) is 6.27. The Morgan fingerprint density at radius 1 is 1.50 bits per heavy atom. The molecule has 106 valence electrons. The Morgan fingerprint density at radius 3 is 3.00 bits per heavy atom. The summed E-state index contributed by atoms with van der Waals surface area (Å²) in [5.41, 5.74) is 0. The minimum atomic E-state index is -0.145. The van der Waals surface area contributed by atoms with Crippen LogP contribution in [0.5, 0.6) is 5.75 Å². The highest BCUT2D eigenvalue weighted by atomic mass is 79.9. The Morgan fingerprint density at radius 2 is 2.30 bits per heavy atom. The summed E-state index contributed by atoms with van der Waals surface area (Å²) in [5, 5.41) is 2.88. The quantitative estimate of drug-likeness (QED) is 0.879. The van der Waals surface area contributed by atoms with Gasteiger partial charge in [0.2, 0.25) is 0 Å². The molecule has 5 nitrogen and oxygen atoms in total. The topological polar surface area (TPSA) is 56.2 Å². The first kappa shape index (κ1) is 14.6. The summed E-state index contributed by atoms with van der Waals surface area (Å²) in [6.45, 7) is 2.62. The van der Waals surface area contributed by atoms with Crippen molar-refractivity contribution in [1.82, 2.24) is 14.9 Å². The van der Waals surface area contributed by atoms with Gasteiger partial charge in [-0.05, 0) is 35.0 Å². The number of carbonyl (C=O) groups is 1. The number of rotatable bonds is 6. The maximum absolute atomic E-state index is 11.8. The number of hydrogen-bond donors (Lipinski definition) is 1. The van der Waals surface area contributed by atoms with E-state index >= 15 is 0 Å². The molecule has 6 heteroatoms. The van der Waals surface area contributed by atoms with E-state index in [1.807, 2.05) is 42.0 Å². The number of carbonyl (C=O) groups excluding carboxylic acids is 1. The van der Waals surface area contributed by atoms with Crippen LogP contribution in [0.1, 0.15) is 6.92 Å². The summed E-state index contributed by atoms with van der Waals surface area (Å²) < 4.78 is 8.21. The van der Waals surface area contributed by atoms with Gasteiger partial charge in [-0.25, -0.2) is 4.98 Å². The van der Waals surface area contributed by atoms with Crippen LogP contribution in [-0.2, 0) is 11.3 Å². The molecule has 0 spiro atoms. The van der Waals surface area contributed by atoms with E-state index in [9.17, 15) is 4.79 Å². The van der Waals surface area contributed by atoms with E-state index in [2.05, 4.69) is 26.2 Å². The van der Waals surface area contributed by atoms with Gasteiger partial charge in [-0.15, -0.1) is 0 Å². The van der Waals surface area contributed by atoms with Crippen molar-refractivity contribution >= 4 is 21.8 Å². The van der Waals surface area contributed by atoms with Crippen LogP contribution in [0.2, 0.25) is 0 Å². The van der Waals surface area contributed by atoms with Gasteiger partial charge in [0.15, 0.2) is 6.61 Å². The number of hydrogen-bond acceptors (Lipinski definition) is 3. The third-order valence-corrected chi connectivity index (χ3v) is 3.30. The van der Waals surface area contributed by atoms with E-state index in [1.54, 1.807) is 12.5 Å². The van der Waals surface area contributed by atoms with Crippen LogP contribution in [0.3, 0.4) is 0 Å². The molecular formula is C14H16BrN3O2. The number of para-hydroxylation sites is 1. The highest BCUT2D eigenvalue weighted by Gasteiger charge is 2.09. The maximum Gasteiger partial charge on any atom is 0.258 e. The predicted molar refractivity (Wildman–Crippen MR) is 79.5 cm³/mol. The number of imidazole rings is 1. The number of amides is 1. The Hall–Kier alpha value is -1.82. The summed E-state index contributed by atoms with van der Waals surface area (Å²) in [5.74, 6) is 0.512. The van der Waals surface area contributed by atoms with Gasteiger partial charge in [0, 0.05) is 25.0 Å². The molecule has 0 saturated heterocycles. The average molecular weight is 338 g/mol. The van der Waals surface area contributed by atoms with Crippen molar-refractivity contribution < 1.29 is 9.53 Å². The third-order valence-electron chi connectivity index (χ3n) is 2.65. The minimum Gasteiger partial charge on any atom is -0.483 e. The number of aromatic nitrogens is 2.